The van der Waals surface area contributed by atoms with Gasteiger partial charge in [-0.3, -0.25) is 4.79 Å². The van der Waals surface area contributed by atoms with Crippen molar-refractivity contribution >= 4 is 5.97 Å². The van der Waals surface area contributed by atoms with E-state index in [1.165, 1.54) is 12.1 Å². The molecule has 0 amide bonds. The quantitative estimate of drug-likeness (QED) is 0.898. The van der Waals surface area contributed by atoms with E-state index in [0.29, 0.717) is 24.6 Å². The first-order valence-electron chi connectivity index (χ1n) is 6.08. The maximum Gasteiger partial charge on any atom is 0.314 e. The molecule has 0 saturated heterocycles. The van der Waals surface area contributed by atoms with Gasteiger partial charge in [-0.2, -0.15) is 0 Å². The number of benzene rings is 1. The maximum atomic E-state index is 12.9. The summed E-state index contributed by atoms with van der Waals surface area (Å²) in [5.74, 6) is -0.709. The average molecular weight is 261 g/mol. The van der Waals surface area contributed by atoms with E-state index in [1.807, 2.05) is 4.57 Å². The van der Waals surface area contributed by atoms with E-state index in [9.17, 15) is 14.3 Å². The Bertz CT molecular complexity index is 621. The van der Waals surface area contributed by atoms with Crippen LogP contribution in [0.4, 0.5) is 4.39 Å². The summed E-state index contributed by atoms with van der Waals surface area (Å²) >= 11 is 0. The molecule has 1 aliphatic rings. The van der Waals surface area contributed by atoms with Gasteiger partial charge in [0.25, 0.3) is 0 Å². The largest absolute Gasteiger partial charge is 0.481 e. The van der Waals surface area contributed by atoms with Crippen LogP contribution in [0.1, 0.15) is 24.6 Å². The van der Waals surface area contributed by atoms with E-state index in [-0.39, 0.29) is 5.82 Å². The summed E-state index contributed by atoms with van der Waals surface area (Å²) in [4.78, 5) is 11.2. The van der Waals surface area contributed by atoms with Crippen molar-refractivity contribution in [2.45, 2.75) is 25.3 Å². The number of carboxylic acids is 1. The molecule has 2 aromatic rings. The van der Waals surface area contributed by atoms with E-state index in [4.69, 9.17) is 0 Å². The topological polar surface area (TPSA) is 68.0 Å². The summed E-state index contributed by atoms with van der Waals surface area (Å²) in [7, 11) is 0. The molecule has 0 radical (unpaired) electrons. The highest BCUT2D eigenvalue weighted by atomic mass is 19.1. The highest BCUT2D eigenvalue weighted by Gasteiger charge is 2.30. The van der Waals surface area contributed by atoms with E-state index >= 15 is 0 Å². The second kappa shape index (κ2) is 4.46. The van der Waals surface area contributed by atoms with Crippen LogP contribution in [0.2, 0.25) is 0 Å². The van der Waals surface area contributed by atoms with Crippen molar-refractivity contribution < 1.29 is 14.3 Å². The predicted octanol–water partition coefficient (Wildman–Crippen LogP) is 2.05. The number of nitrogens with zero attached hydrogens (tertiary/aromatic N) is 3. The smallest absolute Gasteiger partial charge is 0.314 e. The lowest BCUT2D eigenvalue weighted by atomic mass is 9.99. The normalized spacial score (nSPS) is 18.1. The van der Waals surface area contributed by atoms with Gasteiger partial charge in [-0.15, -0.1) is 10.2 Å². The van der Waals surface area contributed by atoms with Crippen LogP contribution >= 0.6 is 0 Å². The van der Waals surface area contributed by atoms with Crippen LogP contribution in [0, 0.1) is 5.82 Å². The number of halogens is 1. The molecule has 2 heterocycles. The molecule has 1 aromatic heterocycles. The van der Waals surface area contributed by atoms with Gasteiger partial charge in [0.1, 0.15) is 17.6 Å². The van der Waals surface area contributed by atoms with E-state index in [1.54, 1.807) is 12.1 Å². The molecule has 0 bridgehead atoms. The molecule has 1 aromatic carbocycles. The van der Waals surface area contributed by atoms with Gasteiger partial charge in [0.2, 0.25) is 0 Å². The molecular weight excluding hydrogens is 249 g/mol. The first-order chi connectivity index (χ1) is 9.16. The minimum atomic E-state index is -0.876. The molecule has 6 heteroatoms. The Hall–Kier alpha value is -2.24. The Morgan fingerprint density at radius 3 is 2.74 bits per heavy atom. The second-order valence-corrected chi connectivity index (χ2v) is 4.57. The minimum absolute atomic E-state index is 0.314. The summed E-state index contributed by atoms with van der Waals surface area (Å²) in [6.07, 6.45) is 1.35. The van der Waals surface area contributed by atoms with Crippen LogP contribution in [0.3, 0.4) is 0 Å². The van der Waals surface area contributed by atoms with Crippen molar-refractivity contribution in [2.24, 2.45) is 0 Å². The molecule has 0 saturated carbocycles. The van der Waals surface area contributed by atoms with Gasteiger partial charge >= 0.3 is 5.97 Å². The molecule has 1 aliphatic heterocycles. The van der Waals surface area contributed by atoms with Crippen molar-refractivity contribution in [2.75, 3.05) is 0 Å². The van der Waals surface area contributed by atoms with Gasteiger partial charge in [0, 0.05) is 12.1 Å². The first kappa shape index (κ1) is 11.8. The van der Waals surface area contributed by atoms with Gasteiger partial charge in [0.05, 0.1) is 0 Å². The number of aromatic nitrogens is 3. The van der Waals surface area contributed by atoms with Crippen molar-refractivity contribution in [3.05, 3.63) is 35.9 Å². The van der Waals surface area contributed by atoms with Crippen LogP contribution in [-0.4, -0.2) is 25.8 Å². The highest BCUT2D eigenvalue weighted by molar-refractivity contribution is 5.75. The van der Waals surface area contributed by atoms with Crippen LogP contribution in [0.25, 0.3) is 11.4 Å². The molecular formula is C13H12FN3O2. The van der Waals surface area contributed by atoms with Gasteiger partial charge in [-0.25, -0.2) is 4.39 Å². The molecule has 1 atom stereocenters. The summed E-state index contributed by atoms with van der Waals surface area (Å²) in [5, 5.41) is 17.2. The van der Waals surface area contributed by atoms with E-state index < -0.39 is 11.9 Å². The fourth-order valence-electron chi connectivity index (χ4n) is 2.42. The summed E-state index contributed by atoms with van der Waals surface area (Å²) < 4.78 is 14.7. The number of hydrogen-bond donors (Lipinski definition) is 1. The van der Waals surface area contributed by atoms with Crippen LogP contribution in [0.15, 0.2) is 24.3 Å². The van der Waals surface area contributed by atoms with Crippen molar-refractivity contribution in [1.82, 2.24) is 14.8 Å². The number of carboxylic acid groups (broad SMARTS) is 1. The molecule has 1 unspecified atom stereocenters. The van der Waals surface area contributed by atoms with Crippen LogP contribution < -0.4 is 0 Å². The fraction of sp³-hybridized carbons (Fsp3) is 0.308. The standard InChI is InChI=1S/C13H12FN3O2/c14-9-5-3-8(4-6-9)11-15-16-12-10(13(18)19)2-1-7-17(11)12/h3-6,10H,1-2,7H2,(H,18,19). The van der Waals surface area contributed by atoms with E-state index in [0.717, 1.165) is 12.0 Å². The zero-order valence-corrected chi connectivity index (χ0v) is 10.1. The molecule has 3 rings (SSSR count). The SMILES string of the molecule is O=C(O)C1CCCn2c(-c3ccc(F)cc3)nnc21. The summed E-state index contributed by atoms with van der Waals surface area (Å²) in [6, 6.07) is 5.96. The Morgan fingerprint density at radius 2 is 2.05 bits per heavy atom. The molecule has 0 aliphatic carbocycles. The fourth-order valence-corrected chi connectivity index (χ4v) is 2.42. The zero-order valence-electron chi connectivity index (χ0n) is 10.1. The molecule has 0 fully saturated rings. The summed E-state index contributed by atoms with van der Waals surface area (Å²) in [5.41, 5.74) is 0.742. The van der Waals surface area contributed by atoms with Gasteiger partial charge < -0.3 is 9.67 Å². The lowest BCUT2D eigenvalue weighted by Gasteiger charge is -2.20. The Kier molecular flexibility index (Phi) is 2.77. The van der Waals surface area contributed by atoms with Crippen LogP contribution in [0.5, 0.6) is 0 Å². The molecule has 5 nitrogen and oxygen atoms in total. The maximum absolute atomic E-state index is 12.9. The molecule has 19 heavy (non-hydrogen) atoms. The highest BCUT2D eigenvalue weighted by Crippen LogP contribution is 2.30. The van der Waals surface area contributed by atoms with Crippen molar-refractivity contribution in [3.63, 3.8) is 0 Å². The number of aliphatic carboxylic acids is 1. The number of hydrogen-bond acceptors (Lipinski definition) is 3. The third-order valence-electron chi connectivity index (χ3n) is 3.37. The Labute approximate surface area is 108 Å². The Balaban J connectivity index is 2.05. The van der Waals surface area contributed by atoms with Crippen LogP contribution in [-0.2, 0) is 11.3 Å². The minimum Gasteiger partial charge on any atom is -0.481 e. The van der Waals surface area contributed by atoms with Gasteiger partial charge in [-0.05, 0) is 37.1 Å². The Morgan fingerprint density at radius 1 is 1.32 bits per heavy atom. The summed E-state index contributed by atoms with van der Waals surface area (Å²) in [6.45, 7) is 0.693. The van der Waals surface area contributed by atoms with Gasteiger partial charge in [0.15, 0.2) is 5.82 Å². The average Bonchev–Trinajstić information content (AvgIpc) is 2.83. The second-order valence-electron chi connectivity index (χ2n) is 4.57. The van der Waals surface area contributed by atoms with Crippen molar-refractivity contribution in [3.8, 4) is 11.4 Å². The molecule has 98 valence electrons. The zero-order chi connectivity index (χ0) is 13.4. The van der Waals surface area contributed by atoms with E-state index in [2.05, 4.69) is 10.2 Å². The number of fused-ring (bicyclic) bond motifs is 1. The predicted molar refractivity (Wildman–Crippen MR) is 65.0 cm³/mol. The lowest BCUT2D eigenvalue weighted by molar-refractivity contribution is -0.139. The number of carbonyl (C=O) groups is 1. The third kappa shape index (κ3) is 1.99. The lowest BCUT2D eigenvalue weighted by Crippen LogP contribution is -2.22. The molecule has 1 N–H and O–H groups in total. The third-order valence-corrected chi connectivity index (χ3v) is 3.37. The first-order valence-corrected chi connectivity index (χ1v) is 6.08. The van der Waals surface area contributed by atoms with Gasteiger partial charge in [-0.1, -0.05) is 0 Å². The number of rotatable bonds is 2. The monoisotopic (exact) mass is 261 g/mol. The molecule has 0 spiro atoms. The van der Waals surface area contributed by atoms with Crippen molar-refractivity contribution in [1.29, 1.82) is 0 Å².